The highest BCUT2D eigenvalue weighted by atomic mass is 32.2. The Morgan fingerprint density at radius 1 is 1.12 bits per heavy atom. The standard InChI is InChI=1S/C15H18N6O6S.C3H9N/c1-21(2)13(22)9-6-5-7-16-12(9)28(24,25)20-15(23)19-14-17-10(26-3)8-11(18-14)27-4;1-3(2)4/h5-8H,1-4H3,(H2,17,18,19,20,23);3H,4H2,1-2H3. The second-order valence-corrected chi connectivity index (χ2v) is 8.23. The molecule has 0 radical (unpaired) electrons. The monoisotopic (exact) mass is 469 g/mol. The number of nitrogens with zero attached hydrogens (tertiary/aromatic N) is 4. The lowest BCUT2D eigenvalue weighted by Crippen LogP contribution is -2.36. The minimum Gasteiger partial charge on any atom is -0.481 e. The number of hydrogen-bond donors (Lipinski definition) is 3. The van der Waals surface area contributed by atoms with Gasteiger partial charge in [-0.05, 0) is 18.2 Å². The van der Waals surface area contributed by atoms with Crippen LogP contribution in [0.25, 0.3) is 0 Å². The summed E-state index contributed by atoms with van der Waals surface area (Å²) < 4.78 is 36.7. The zero-order chi connectivity index (χ0) is 24.5. The molecule has 2 heterocycles. The molecule has 0 aliphatic rings. The Morgan fingerprint density at radius 3 is 2.12 bits per heavy atom. The van der Waals surface area contributed by atoms with Crippen LogP contribution in [-0.4, -0.2) is 74.6 Å². The maximum absolute atomic E-state index is 12.5. The number of aromatic nitrogens is 3. The molecule has 0 unspecified atom stereocenters. The first-order chi connectivity index (χ1) is 14.9. The number of sulfonamides is 1. The van der Waals surface area contributed by atoms with Gasteiger partial charge in [-0.15, -0.1) is 0 Å². The van der Waals surface area contributed by atoms with Crippen molar-refractivity contribution in [3.63, 3.8) is 0 Å². The molecule has 176 valence electrons. The third-order valence-corrected chi connectivity index (χ3v) is 4.50. The van der Waals surface area contributed by atoms with E-state index in [2.05, 4.69) is 20.3 Å². The van der Waals surface area contributed by atoms with Crippen LogP contribution in [0.3, 0.4) is 0 Å². The number of rotatable bonds is 6. The van der Waals surface area contributed by atoms with Crippen LogP contribution in [0, 0.1) is 0 Å². The Labute approximate surface area is 186 Å². The van der Waals surface area contributed by atoms with E-state index >= 15 is 0 Å². The fourth-order valence-corrected chi connectivity index (χ4v) is 3.01. The molecule has 3 amide bonds. The van der Waals surface area contributed by atoms with E-state index in [1.54, 1.807) is 4.72 Å². The highest BCUT2D eigenvalue weighted by Gasteiger charge is 2.27. The lowest BCUT2D eigenvalue weighted by Gasteiger charge is -2.14. The second-order valence-electron chi connectivity index (χ2n) is 6.64. The summed E-state index contributed by atoms with van der Waals surface area (Å²) in [5.74, 6) is -0.661. The van der Waals surface area contributed by atoms with Gasteiger partial charge in [0.25, 0.3) is 15.9 Å². The van der Waals surface area contributed by atoms with Crippen LogP contribution in [0.2, 0.25) is 0 Å². The Balaban J connectivity index is 0.00000118. The van der Waals surface area contributed by atoms with Gasteiger partial charge >= 0.3 is 6.03 Å². The van der Waals surface area contributed by atoms with E-state index in [0.29, 0.717) is 6.04 Å². The van der Waals surface area contributed by atoms with E-state index < -0.39 is 27.0 Å². The number of nitrogens with two attached hydrogens (primary N) is 1. The molecular formula is C18H27N7O6S. The molecule has 0 aromatic carbocycles. The zero-order valence-electron chi connectivity index (χ0n) is 18.6. The van der Waals surface area contributed by atoms with Gasteiger partial charge in [0, 0.05) is 20.3 Å². The highest BCUT2D eigenvalue weighted by molar-refractivity contribution is 7.90. The molecule has 0 fully saturated rings. The van der Waals surface area contributed by atoms with Crippen LogP contribution in [0.5, 0.6) is 11.8 Å². The van der Waals surface area contributed by atoms with Crippen molar-refractivity contribution in [2.75, 3.05) is 33.6 Å². The van der Waals surface area contributed by atoms with Crippen LogP contribution in [-0.2, 0) is 10.0 Å². The number of hydrogen-bond acceptors (Lipinski definition) is 10. The van der Waals surface area contributed by atoms with Gasteiger partial charge in [-0.1, -0.05) is 13.8 Å². The number of carbonyl (C=O) groups excluding carboxylic acids is 2. The van der Waals surface area contributed by atoms with E-state index in [-0.39, 0.29) is 23.3 Å². The number of amides is 3. The van der Waals surface area contributed by atoms with Gasteiger partial charge in [-0.2, -0.15) is 18.4 Å². The SMILES string of the molecule is CC(C)N.COc1cc(OC)nc(NC(=O)NS(=O)(=O)c2ncccc2C(=O)N(C)C)n1. The highest BCUT2D eigenvalue weighted by Crippen LogP contribution is 2.18. The lowest BCUT2D eigenvalue weighted by molar-refractivity contribution is 0.0823. The smallest absolute Gasteiger partial charge is 0.335 e. The molecule has 14 heteroatoms. The van der Waals surface area contributed by atoms with Crippen LogP contribution < -0.4 is 25.2 Å². The van der Waals surface area contributed by atoms with Crippen molar-refractivity contribution in [3.05, 3.63) is 30.0 Å². The van der Waals surface area contributed by atoms with Crippen LogP contribution >= 0.6 is 0 Å². The average molecular weight is 470 g/mol. The first-order valence-corrected chi connectivity index (χ1v) is 10.6. The fraction of sp³-hybridized carbons (Fsp3) is 0.389. The zero-order valence-corrected chi connectivity index (χ0v) is 19.4. The number of ether oxygens (including phenoxy) is 2. The summed E-state index contributed by atoms with van der Waals surface area (Å²) in [6, 6.07) is 3.24. The molecule has 0 aliphatic carbocycles. The summed E-state index contributed by atoms with van der Waals surface area (Å²) in [7, 11) is 1.15. The van der Waals surface area contributed by atoms with E-state index in [1.165, 1.54) is 57.6 Å². The summed E-state index contributed by atoms with van der Waals surface area (Å²) in [6.07, 6.45) is 1.19. The largest absolute Gasteiger partial charge is 0.481 e. The predicted octanol–water partition coefficient (Wildman–Crippen LogP) is 0.455. The number of anilines is 1. The molecule has 0 atom stereocenters. The molecular weight excluding hydrogens is 442 g/mol. The molecule has 0 saturated carbocycles. The van der Waals surface area contributed by atoms with E-state index in [0.717, 1.165) is 0 Å². The van der Waals surface area contributed by atoms with Crippen LogP contribution in [0.15, 0.2) is 29.4 Å². The lowest BCUT2D eigenvalue weighted by atomic mass is 10.2. The van der Waals surface area contributed by atoms with Crippen molar-refractivity contribution in [1.82, 2.24) is 24.6 Å². The Morgan fingerprint density at radius 2 is 1.66 bits per heavy atom. The molecule has 13 nitrogen and oxygen atoms in total. The number of pyridine rings is 1. The van der Waals surface area contributed by atoms with Gasteiger partial charge in [0.2, 0.25) is 17.7 Å². The molecule has 0 bridgehead atoms. The number of methoxy groups -OCH3 is 2. The summed E-state index contributed by atoms with van der Waals surface area (Å²) >= 11 is 0. The molecule has 0 saturated heterocycles. The molecule has 2 rings (SSSR count). The quantitative estimate of drug-likeness (QED) is 0.538. The van der Waals surface area contributed by atoms with Crippen LogP contribution in [0.1, 0.15) is 24.2 Å². The third-order valence-electron chi connectivity index (χ3n) is 3.21. The Kier molecular flexibility index (Phi) is 9.74. The minimum absolute atomic E-state index is 0.0913. The Bertz CT molecular complexity index is 1020. The van der Waals surface area contributed by atoms with Crippen molar-refractivity contribution < 1.29 is 27.5 Å². The van der Waals surface area contributed by atoms with Gasteiger partial charge < -0.3 is 20.1 Å². The summed E-state index contributed by atoms with van der Waals surface area (Å²) in [4.78, 5) is 36.9. The first kappa shape index (κ1) is 26.5. The fourth-order valence-electron chi connectivity index (χ4n) is 1.98. The average Bonchev–Trinajstić information content (AvgIpc) is 2.71. The first-order valence-electron chi connectivity index (χ1n) is 9.14. The van der Waals surface area contributed by atoms with Crippen molar-refractivity contribution >= 4 is 27.9 Å². The van der Waals surface area contributed by atoms with Crippen molar-refractivity contribution in [2.45, 2.75) is 24.9 Å². The maximum Gasteiger partial charge on any atom is 0.335 e. The second kappa shape index (κ2) is 11.8. The molecule has 0 spiro atoms. The van der Waals surface area contributed by atoms with E-state index in [1.807, 2.05) is 13.8 Å². The molecule has 32 heavy (non-hydrogen) atoms. The van der Waals surface area contributed by atoms with Crippen LogP contribution in [0.4, 0.5) is 10.7 Å². The van der Waals surface area contributed by atoms with Gasteiger partial charge in [-0.25, -0.2) is 14.5 Å². The number of nitrogens with one attached hydrogen (secondary N) is 2. The summed E-state index contributed by atoms with van der Waals surface area (Å²) in [5, 5.41) is 1.56. The van der Waals surface area contributed by atoms with Gasteiger partial charge in [-0.3, -0.25) is 10.1 Å². The summed E-state index contributed by atoms with van der Waals surface area (Å²) in [5.41, 5.74) is 4.92. The number of urea groups is 1. The molecule has 2 aromatic rings. The van der Waals surface area contributed by atoms with Gasteiger partial charge in [0.15, 0.2) is 5.03 Å². The van der Waals surface area contributed by atoms with Crippen molar-refractivity contribution in [2.24, 2.45) is 5.73 Å². The predicted molar refractivity (Wildman–Crippen MR) is 116 cm³/mol. The Hall–Kier alpha value is -3.52. The topological polar surface area (TPSA) is 179 Å². The minimum atomic E-state index is -4.46. The van der Waals surface area contributed by atoms with E-state index in [9.17, 15) is 18.0 Å². The normalized spacial score (nSPS) is 10.5. The molecule has 2 aromatic heterocycles. The third kappa shape index (κ3) is 7.96. The van der Waals surface area contributed by atoms with Crippen molar-refractivity contribution in [3.8, 4) is 11.8 Å². The van der Waals surface area contributed by atoms with Crippen molar-refractivity contribution in [1.29, 1.82) is 0 Å². The number of carbonyl (C=O) groups is 2. The molecule has 0 aliphatic heterocycles. The van der Waals surface area contributed by atoms with Gasteiger partial charge in [0.1, 0.15) is 0 Å². The maximum atomic E-state index is 12.5. The van der Waals surface area contributed by atoms with E-state index in [4.69, 9.17) is 15.2 Å². The van der Waals surface area contributed by atoms with Gasteiger partial charge in [0.05, 0.1) is 25.8 Å². The summed E-state index contributed by atoms with van der Waals surface area (Å²) in [6.45, 7) is 3.89. The molecule has 4 N–H and O–H groups in total.